The van der Waals surface area contributed by atoms with Crippen molar-refractivity contribution in [3.05, 3.63) is 60.2 Å². The topological polar surface area (TPSA) is 15.3 Å². The minimum atomic E-state index is -0.335. The summed E-state index contributed by atoms with van der Waals surface area (Å²) in [5, 5.41) is 3.32. The second-order valence-electron chi connectivity index (χ2n) is 5.45. The van der Waals surface area contributed by atoms with Crippen molar-refractivity contribution in [2.75, 3.05) is 32.9 Å². The Hall–Kier alpha value is -1.71. The quantitative estimate of drug-likeness (QED) is 0.927. The zero-order chi connectivity index (χ0) is 14.5. The lowest BCUT2D eigenvalue weighted by Crippen LogP contribution is -2.45. The number of hydrogen-bond donors (Lipinski definition) is 1. The smallest absolute Gasteiger partial charge is 0.109 e. The van der Waals surface area contributed by atoms with E-state index in [1.807, 2.05) is 30.3 Å². The standard InChI is InChI=1S/C18H21FN2/c19-14-18(21-11-9-20-10-12-21)17-8-4-7-16(13-17)15-5-2-1-3-6-15/h1-8,13,18,20H,9-12,14H2/t18-/m1/s1. The van der Waals surface area contributed by atoms with Crippen molar-refractivity contribution < 1.29 is 4.39 Å². The van der Waals surface area contributed by atoms with Crippen LogP contribution in [-0.2, 0) is 0 Å². The molecule has 0 unspecified atom stereocenters. The SMILES string of the molecule is FC[C@H](c1cccc(-c2ccccc2)c1)N1CCNCC1. The molecule has 2 aromatic rings. The third-order valence-electron chi connectivity index (χ3n) is 4.12. The van der Waals surface area contributed by atoms with Gasteiger partial charge in [0.1, 0.15) is 6.67 Å². The van der Waals surface area contributed by atoms with Crippen LogP contribution in [0.3, 0.4) is 0 Å². The summed E-state index contributed by atoms with van der Waals surface area (Å²) in [7, 11) is 0. The molecule has 0 spiro atoms. The normalized spacial score (nSPS) is 17.6. The van der Waals surface area contributed by atoms with E-state index in [0.29, 0.717) is 0 Å². The first-order valence-corrected chi connectivity index (χ1v) is 7.54. The number of rotatable bonds is 4. The molecule has 0 bridgehead atoms. The van der Waals surface area contributed by atoms with E-state index in [4.69, 9.17) is 0 Å². The Balaban J connectivity index is 1.87. The van der Waals surface area contributed by atoms with Crippen molar-refractivity contribution in [1.29, 1.82) is 0 Å². The average Bonchev–Trinajstić information content (AvgIpc) is 2.58. The van der Waals surface area contributed by atoms with Gasteiger partial charge in [-0.25, -0.2) is 4.39 Å². The third-order valence-corrected chi connectivity index (χ3v) is 4.12. The van der Waals surface area contributed by atoms with Gasteiger partial charge in [-0.2, -0.15) is 0 Å². The predicted molar refractivity (Wildman–Crippen MR) is 85.0 cm³/mol. The zero-order valence-corrected chi connectivity index (χ0v) is 12.1. The molecule has 0 saturated carbocycles. The molecule has 1 atom stereocenters. The number of alkyl halides is 1. The molecule has 3 rings (SSSR count). The van der Waals surface area contributed by atoms with Crippen LogP contribution in [-0.4, -0.2) is 37.8 Å². The van der Waals surface area contributed by atoms with Gasteiger partial charge in [-0.05, 0) is 22.8 Å². The van der Waals surface area contributed by atoms with Crippen molar-refractivity contribution in [3.63, 3.8) is 0 Å². The Kier molecular flexibility index (Phi) is 4.63. The fourth-order valence-corrected chi connectivity index (χ4v) is 2.95. The first kappa shape index (κ1) is 14.2. The zero-order valence-electron chi connectivity index (χ0n) is 12.1. The molecule has 1 aliphatic heterocycles. The van der Waals surface area contributed by atoms with Crippen LogP contribution in [0.1, 0.15) is 11.6 Å². The van der Waals surface area contributed by atoms with Gasteiger partial charge >= 0.3 is 0 Å². The molecule has 2 nitrogen and oxygen atoms in total. The first-order valence-electron chi connectivity index (χ1n) is 7.54. The highest BCUT2D eigenvalue weighted by Gasteiger charge is 2.22. The Morgan fingerprint density at radius 1 is 0.952 bits per heavy atom. The summed E-state index contributed by atoms with van der Waals surface area (Å²) in [4.78, 5) is 2.24. The lowest BCUT2D eigenvalue weighted by Gasteiger charge is -2.33. The van der Waals surface area contributed by atoms with Crippen LogP contribution >= 0.6 is 0 Å². The Morgan fingerprint density at radius 2 is 1.67 bits per heavy atom. The van der Waals surface area contributed by atoms with Crippen molar-refractivity contribution in [2.24, 2.45) is 0 Å². The summed E-state index contributed by atoms with van der Waals surface area (Å²) in [6, 6.07) is 18.4. The highest BCUT2D eigenvalue weighted by atomic mass is 19.1. The van der Waals surface area contributed by atoms with Crippen LogP contribution < -0.4 is 5.32 Å². The van der Waals surface area contributed by atoms with Crippen molar-refractivity contribution in [2.45, 2.75) is 6.04 Å². The highest BCUT2D eigenvalue weighted by Crippen LogP contribution is 2.27. The minimum absolute atomic E-state index is 0.129. The number of piperazine rings is 1. The molecule has 1 heterocycles. The molecular weight excluding hydrogens is 263 g/mol. The second-order valence-corrected chi connectivity index (χ2v) is 5.45. The molecule has 1 fully saturated rings. The van der Waals surface area contributed by atoms with Gasteiger partial charge in [-0.1, -0.05) is 48.5 Å². The van der Waals surface area contributed by atoms with Crippen molar-refractivity contribution in [3.8, 4) is 11.1 Å². The summed E-state index contributed by atoms with van der Waals surface area (Å²) >= 11 is 0. The molecule has 110 valence electrons. The molecule has 21 heavy (non-hydrogen) atoms. The lowest BCUT2D eigenvalue weighted by molar-refractivity contribution is 0.147. The maximum atomic E-state index is 13.6. The molecule has 0 amide bonds. The van der Waals surface area contributed by atoms with E-state index in [9.17, 15) is 4.39 Å². The Morgan fingerprint density at radius 3 is 2.38 bits per heavy atom. The fourth-order valence-electron chi connectivity index (χ4n) is 2.95. The van der Waals surface area contributed by atoms with Gasteiger partial charge in [0.25, 0.3) is 0 Å². The number of benzene rings is 2. The number of nitrogens with one attached hydrogen (secondary N) is 1. The van der Waals surface area contributed by atoms with Crippen LogP contribution in [0, 0.1) is 0 Å². The van der Waals surface area contributed by atoms with Crippen LogP contribution in [0.4, 0.5) is 4.39 Å². The maximum Gasteiger partial charge on any atom is 0.109 e. The number of nitrogens with zero attached hydrogens (tertiary/aromatic N) is 1. The molecule has 3 heteroatoms. The Bertz CT molecular complexity index is 564. The van der Waals surface area contributed by atoms with Gasteiger partial charge in [0.2, 0.25) is 0 Å². The summed E-state index contributed by atoms with van der Waals surface area (Å²) in [5.74, 6) is 0. The molecule has 0 radical (unpaired) electrons. The van der Waals surface area contributed by atoms with Crippen LogP contribution in [0.25, 0.3) is 11.1 Å². The van der Waals surface area contributed by atoms with Gasteiger partial charge in [-0.15, -0.1) is 0 Å². The summed E-state index contributed by atoms with van der Waals surface area (Å²) in [5.41, 5.74) is 3.40. The van der Waals surface area contributed by atoms with Crippen LogP contribution in [0.2, 0.25) is 0 Å². The van der Waals surface area contributed by atoms with E-state index in [1.165, 1.54) is 5.56 Å². The Labute approximate surface area is 125 Å². The van der Waals surface area contributed by atoms with E-state index in [-0.39, 0.29) is 12.7 Å². The molecule has 0 aliphatic carbocycles. The van der Waals surface area contributed by atoms with Gasteiger partial charge in [0.15, 0.2) is 0 Å². The number of hydrogen-bond acceptors (Lipinski definition) is 2. The number of halogens is 1. The van der Waals surface area contributed by atoms with E-state index < -0.39 is 0 Å². The van der Waals surface area contributed by atoms with Crippen LogP contribution in [0.15, 0.2) is 54.6 Å². The van der Waals surface area contributed by atoms with E-state index >= 15 is 0 Å². The van der Waals surface area contributed by atoms with E-state index in [2.05, 4.69) is 34.5 Å². The minimum Gasteiger partial charge on any atom is -0.314 e. The average molecular weight is 284 g/mol. The van der Waals surface area contributed by atoms with Gasteiger partial charge < -0.3 is 5.32 Å². The lowest BCUT2D eigenvalue weighted by atomic mass is 9.99. The maximum absolute atomic E-state index is 13.6. The second kappa shape index (κ2) is 6.83. The molecule has 0 aromatic heterocycles. The molecule has 2 aromatic carbocycles. The summed E-state index contributed by atoms with van der Waals surface area (Å²) in [6.45, 7) is 3.36. The molecule has 1 N–H and O–H groups in total. The highest BCUT2D eigenvalue weighted by molar-refractivity contribution is 5.64. The van der Waals surface area contributed by atoms with Crippen LogP contribution in [0.5, 0.6) is 0 Å². The molecule has 1 saturated heterocycles. The first-order chi connectivity index (χ1) is 10.4. The predicted octanol–water partition coefficient (Wildman–Crippen LogP) is 3.27. The van der Waals surface area contributed by atoms with Crippen molar-refractivity contribution in [1.82, 2.24) is 10.2 Å². The van der Waals surface area contributed by atoms with E-state index in [0.717, 1.165) is 37.3 Å². The third kappa shape index (κ3) is 3.31. The summed E-state index contributed by atoms with van der Waals surface area (Å²) in [6.07, 6.45) is 0. The van der Waals surface area contributed by atoms with Crippen molar-refractivity contribution >= 4 is 0 Å². The monoisotopic (exact) mass is 284 g/mol. The largest absolute Gasteiger partial charge is 0.314 e. The van der Waals surface area contributed by atoms with E-state index in [1.54, 1.807) is 0 Å². The molecule has 1 aliphatic rings. The summed E-state index contributed by atoms with van der Waals surface area (Å²) < 4.78 is 13.6. The van der Waals surface area contributed by atoms with Gasteiger partial charge in [0, 0.05) is 26.2 Å². The van der Waals surface area contributed by atoms with Gasteiger partial charge in [0.05, 0.1) is 6.04 Å². The fraction of sp³-hybridized carbons (Fsp3) is 0.333. The molecular formula is C18H21FN2. The van der Waals surface area contributed by atoms with Gasteiger partial charge in [-0.3, -0.25) is 4.90 Å².